The molecule has 1 aliphatic rings. The summed E-state index contributed by atoms with van der Waals surface area (Å²) >= 11 is 0. The van der Waals surface area contributed by atoms with E-state index in [1.54, 1.807) is 27.8 Å². The van der Waals surface area contributed by atoms with E-state index < -0.39 is 6.04 Å². The number of hydrogen-bond donors (Lipinski definition) is 0. The molecule has 6 nitrogen and oxygen atoms in total. The summed E-state index contributed by atoms with van der Waals surface area (Å²) in [6.45, 7) is 6.07. The molecule has 1 atom stereocenters. The minimum absolute atomic E-state index is 0.240. The van der Waals surface area contributed by atoms with Crippen molar-refractivity contribution >= 4 is 17.6 Å². The molecule has 6 heteroatoms. The van der Waals surface area contributed by atoms with Crippen LogP contribution in [0.4, 0.5) is 4.79 Å². The van der Waals surface area contributed by atoms with Crippen molar-refractivity contribution in [1.29, 1.82) is 0 Å². The van der Waals surface area contributed by atoms with E-state index in [9.17, 15) is 9.59 Å². The number of urea groups is 1. The van der Waals surface area contributed by atoms with Gasteiger partial charge in [0.25, 0.3) is 5.91 Å². The van der Waals surface area contributed by atoms with Gasteiger partial charge in [-0.15, -0.1) is 0 Å². The van der Waals surface area contributed by atoms with Crippen LogP contribution in [-0.2, 0) is 9.63 Å². The summed E-state index contributed by atoms with van der Waals surface area (Å²) in [7, 11) is 1.59. The molecule has 1 saturated heterocycles. The number of carbonyl (C=O) groups excluding carboxylic acids is 2. The first-order chi connectivity index (χ1) is 7.54. The topological polar surface area (TPSA) is 62.2 Å². The van der Waals surface area contributed by atoms with Crippen molar-refractivity contribution < 1.29 is 14.4 Å². The molecule has 0 aromatic carbocycles. The van der Waals surface area contributed by atoms with Gasteiger partial charge < -0.3 is 9.74 Å². The standard InChI is InChI=1S/C10H17N3O3/c1-5-13-9(14)8(12(4)10(13)15)7(3)11-16-6-2/h8H,5-6H2,1-4H3/b11-7+. The molecular formula is C10H17N3O3. The lowest BCUT2D eigenvalue weighted by Crippen LogP contribution is -2.37. The van der Waals surface area contributed by atoms with Crippen molar-refractivity contribution in [3.63, 3.8) is 0 Å². The van der Waals surface area contributed by atoms with Gasteiger partial charge in [0.15, 0.2) is 6.04 Å². The van der Waals surface area contributed by atoms with Crippen LogP contribution in [0.2, 0.25) is 0 Å². The highest BCUT2D eigenvalue weighted by Gasteiger charge is 2.43. The Kier molecular flexibility index (Phi) is 3.87. The van der Waals surface area contributed by atoms with E-state index in [2.05, 4.69) is 5.16 Å². The summed E-state index contributed by atoms with van der Waals surface area (Å²) in [4.78, 5) is 31.0. The van der Waals surface area contributed by atoms with Gasteiger partial charge in [0.1, 0.15) is 6.61 Å². The molecule has 0 aromatic heterocycles. The van der Waals surface area contributed by atoms with Crippen LogP contribution >= 0.6 is 0 Å². The molecule has 0 bridgehead atoms. The van der Waals surface area contributed by atoms with Gasteiger partial charge in [-0.2, -0.15) is 0 Å². The van der Waals surface area contributed by atoms with Gasteiger partial charge in [0.2, 0.25) is 0 Å². The van der Waals surface area contributed by atoms with E-state index in [0.29, 0.717) is 18.9 Å². The van der Waals surface area contributed by atoms with Crippen LogP contribution in [0.1, 0.15) is 20.8 Å². The Morgan fingerprint density at radius 1 is 1.44 bits per heavy atom. The zero-order valence-electron chi connectivity index (χ0n) is 10.1. The summed E-state index contributed by atoms with van der Waals surface area (Å²) in [5, 5.41) is 3.80. The summed E-state index contributed by atoms with van der Waals surface area (Å²) in [6, 6.07) is -0.914. The minimum Gasteiger partial charge on any atom is -0.396 e. The number of hydrogen-bond acceptors (Lipinski definition) is 4. The van der Waals surface area contributed by atoms with Crippen LogP contribution in [0.3, 0.4) is 0 Å². The molecule has 1 unspecified atom stereocenters. The van der Waals surface area contributed by atoms with E-state index in [0.717, 1.165) is 0 Å². The molecule has 0 saturated carbocycles. The molecule has 1 fully saturated rings. The molecule has 0 aliphatic carbocycles. The van der Waals surface area contributed by atoms with Crippen molar-refractivity contribution in [3.8, 4) is 0 Å². The van der Waals surface area contributed by atoms with Gasteiger partial charge in [0.05, 0.1) is 5.71 Å². The van der Waals surface area contributed by atoms with Crippen molar-refractivity contribution in [1.82, 2.24) is 9.80 Å². The highest BCUT2D eigenvalue weighted by molar-refractivity contribution is 6.17. The highest BCUT2D eigenvalue weighted by Crippen LogP contribution is 2.16. The Balaban J connectivity index is 2.89. The largest absolute Gasteiger partial charge is 0.396 e. The quantitative estimate of drug-likeness (QED) is 0.403. The Hall–Kier alpha value is -1.59. The maximum atomic E-state index is 11.9. The van der Waals surface area contributed by atoms with Gasteiger partial charge in [-0.05, 0) is 20.8 Å². The van der Waals surface area contributed by atoms with Gasteiger partial charge in [-0.25, -0.2) is 4.79 Å². The van der Waals surface area contributed by atoms with Crippen molar-refractivity contribution in [3.05, 3.63) is 0 Å². The second-order valence-corrected chi connectivity index (χ2v) is 3.53. The van der Waals surface area contributed by atoms with Crippen LogP contribution < -0.4 is 0 Å². The molecule has 0 aromatic rings. The average Bonchev–Trinajstić information content (AvgIpc) is 2.47. The lowest BCUT2D eigenvalue weighted by atomic mass is 10.2. The first-order valence-electron chi connectivity index (χ1n) is 5.29. The number of nitrogens with zero attached hydrogens (tertiary/aromatic N) is 3. The van der Waals surface area contributed by atoms with Crippen LogP contribution in [0, 0.1) is 0 Å². The lowest BCUT2D eigenvalue weighted by molar-refractivity contribution is -0.126. The van der Waals surface area contributed by atoms with Gasteiger partial charge in [0, 0.05) is 13.6 Å². The normalized spacial score (nSPS) is 22.0. The number of oxime groups is 1. The van der Waals surface area contributed by atoms with Gasteiger partial charge in [-0.1, -0.05) is 5.16 Å². The van der Waals surface area contributed by atoms with Crippen LogP contribution in [0.5, 0.6) is 0 Å². The van der Waals surface area contributed by atoms with Gasteiger partial charge in [-0.3, -0.25) is 9.69 Å². The Morgan fingerprint density at radius 2 is 2.06 bits per heavy atom. The van der Waals surface area contributed by atoms with Crippen LogP contribution in [0.25, 0.3) is 0 Å². The van der Waals surface area contributed by atoms with E-state index >= 15 is 0 Å². The summed E-state index contributed by atoms with van der Waals surface area (Å²) < 4.78 is 0. The first-order valence-corrected chi connectivity index (χ1v) is 5.29. The molecule has 0 radical (unpaired) electrons. The maximum absolute atomic E-state index is 11.9. The predicted octanol–water partition coefficient (Wildman–Crippen LogP) is 0.681. The smallest absolute Gasteiger partial charge is 0.327 e. The van der Waals surface area contributed by atoms with E-state index in [-0.39, 0.29) is 11.9 Å². The fourth-order valence-corrected chi connectivity index (χ4v) is 1.67. The summed E-state index contributed by atoms with van der Waals surface area (Å²) in [6.07, 6.45) is 0. The zero-order chi connectivity index (χ0) is 12.3. The maximum Gasteiger partial charge on any atom is 0.327 e. The Morgan fingerprint density at radius 3 is 2.50 bits per heavy atom. The molecule has 1 aliphatic heterocycles. The number of rotatable bonds is 4. The number of likely N-dealkylation sites (N-methyl/N-ethyl adjacent to an activating group) is 2. The third-order valence-corrected chi connectivity index (χ3v) is 2.47. The Labute approximate surface area is 94.8 Å². The fourth-order valence-electron chi connectivity index (χ4n) is 1.67. The fraction of sp³-hybridized carbons (Fsp3) is 0.700. The molecule has 1 rings (SSSR count). The third-order valence-electron chi connectivity index (χ3n) is 2.47. The molecule has 0 N–H and O–H groups in total. The summed E-state index contributed by atoms with van der Waals surface area (Å²) in [5.74, 6) is -0.240. The predicted molar refractivity (Wildman–Crippen MR) is 59.1 cm³/mol. The SMILES string of the molecule is CCO/N=C(\C)C1C(=O)N(CC)C(=O)N1C. The Bertz CT molecular complexity index is 327. The number of carbonyl (C=O) groups is 2. The molecule has 90 valence electrons. The second kappa shape index (κ2) is 4.96. The van der Waals surface area contributed by atoms with Crippen molar-refractivity contribution in [2.45, 2.75) is 26.8 Å². The molecule has 0 spiro atoms. The highest BCUT2D eigenvalue weighted by atomic mass is 16.6. The van der Waals surface area contributed by atoms with E-state index in [1.807, 2.05) is 0 Å². The monoisotopic (exact) mass is 227 g/mol. The van der Waals surface area contributed by atoms with E-state index in [1.165, 1.54) is 9.80 Å². The number of amides is 3. The average molecular weight is 227 g/mol. The zero-order valence-corrected chi connectivity index (χ0v) is 10.1. The van der Waals surface area contributed by atoms with Crippen LogP contribution in [0.15, 0.2) is 5.16 Å². The lowest BCUT2D eigenvalue weighted by Gasteiger charge is -2.14. The minimum atomic E-state index is -0.626. The molecule has 1 heterocycles. The molecule has 3 amide bonds. The third kappa shape index (κ3) is 2.00. The van der Waals surface area contributed by atoms with E-state index in [4.69, 9.17) is 4.84 Å². The first kappa shape index (κ1) is 12.5. The number of imide groups is 1. The molecular weight excluding hydrogens is 210 g/mol. The van der Waals surface area contributed by atoms with Crippen LogP contribution in [-0.4, -0.2) is 53.7 Å². The molecule has 16 heavy (non-hydrogen) atoms. The second-order valence-electron chi connectivity index (χ2n) is 3.53. The summed E-state index contributed by atoms with van der Waals surface area (Å²) in [5.41, 5.74) is 0.499. The van der Waals surface area contributed by atoms with Crippen molar-refractivity contribution in [2.75, 3.05) is 20.2 Å². The van der Waals surface area contributed by atoms with Crippen molar-refractivity contribution in [2.24, 2.45) is 5.16 Å². The van der Waals surface area contributed by atoms with Gasteiger partial charge >= 0.3 is 6.03 Å².